The summed E-state index contributed by atoms with van der Waals surface area (Å²) in [5.74, 6) is -0.133. The van der Waals surface area contributed by atoms with Crippen LogP contribution in [0.25, 0.3) is 0 Å². The molecule has 5 rings (SSSR count). The lowest BCUT2D eigenvalue weighted by Crippen LogP contribution is -2.59. The molecule has 1 aromatic carbocycles. The number of nitrogens with one attached hydrogen (secondary N) is 1. The van der Waals surface area contributed by atoms with Crippen molar-refractivity contribution in [3.63, 3.8) is 0 Å². The number of carbonyl (C=O) groups is 1. The molecular weight excluding hydrogens is 316 g/mol. The van der Waals surface area contributed by atoms with Gasteiger partial charge in [-0.3, -0.25) is 4.79 Å². The SMILES string of the molecule is O=C(NC12CC3CC(CC(C3)C1)C2)c1ccc(SC(F)F)cc1. The Hall–Kier alpha value is -1.10. The highest BCUT2D eigenvalue weighted by Gasteiger charge is 2.51. The Kier molecular flexibility index (Phi) is 3.87. The average molecular weight is 337 g/mol. The standard InChI is InChI=1S/C18H21F2NOS/c19-17(20)23-15-3-1-14(2-4-15)16(22)21-18-8-11-5-12(9-18)7-13(6-11)10-18/h1-4,11-13,17H,5-10H2,(H,21,22). The average Bonchev–Trinajstić information content (AvgIpc) is 2.45. The third-order valence-corrected chi connectivity index (χ3v) is 6.48. The predicted molar refractivity (Wildman–Crippen MR) is 86.7 cm³/mol. The van der Waals surface area contributed by atoms with Crippen LogP contribution in [0.1, 0.15) is 48.9 Å². The number of thioether (sulfide) groups is 1. The van der Waals surface area contributed by atoms with Crippen LogP contribution in [0.2, 0.25) is 0 Å². The van der Waals surface area contributed by atoms with Crippen LogP contribution >= 0.6 is 11.8 Å². The van der Waals surface area contributed by atoms with Gasteiger partial charge in [-0.05, 0) is 80.5 Å². The van der Waals surface area contributed by atoms with Gasteiger partial charge in [-0.25, -0.2) is 0 Å². The highest BCUT2D eigenvalue weighted by atomic mass is 32.2. The van der Waals surface area contributed by atoms with Gasteiger partial charge < -0.3 is 5.32 Å². The molecule has 1 aromatic rings. The fraction of sp³-hybridized carbons (Fsp3) is 0.611. The van der Waals surface area contributed by atoms with Gasteiger partial charge in [0.1, 0.15) is 0 Å². The van der Waals surface area contributed by atoms with E-state index in [1.54, 1.807) is 24.3 Å². The van der Waals surface area contributed by atoms with Crippen LogP contribution in [0.15, 0.2) is 29.2 Å². The maximum absolute atomic E-state index is 12.6. The largest absolute Gasteiger partial charge is 0.347 e. The number of alkyl halides is 2. The van der Waals surface area contributed by atoms with Gasteiger partial charge in [0.25, 0.3) is 11.7 Å². The molecule has 4 bridgehead atoms. The minimum atomic E-state index is -2.43. The van der Waals surface area contributed by atoms with Gasteiger partial charge in [0, 0.05) is 16.0 Å². The lowest BCUT2D eigenvalue weighted by atomic mass is 9.53. The molecule has 0 saturated heterocycles. The smallest absolute Gasteiger partial charge is 0.288 e. The Morgan fingerprint density at radius 2 is 1.57 bits per heavy atom. The molecule has 4 saturated carbocycles. The molecule has 4 aliphatic rings. The second-order valence-corrected chi connectivity index (χ2v) is 8.62. The molecule has 23 heavy (non-hydrogen) atoms. The lowest BCUT2D eigenvalue weighted by Gasteiger charge is -2.56. The van der Waals surface area contributed by atoms with Gasteiger partial charge in [-0.15, -0.1) is 0 Å². The fourth-order valence-corrected chi connectivity index (χ4v) is 5.86. The summed E-state index contributed by atoms with van der Waals surface area (Å²) < 4.78 is 24.7. The van der Waals surface area contributed by atoms with E-state index in [4.69, 9.17) is 0 Å². The Bertz CT molecular complexity index is 566. The normalized spacial score (nSPS) is 34.8. The third kappa shape index (κ3) is 3.12. The van der Waals surface area contributed by atoms with Crippen molar-refractivity contribution in [2.24, 2.45) is 17.8 Å². The molecule has 1 amide bonds. The van der Waals surface area contributed by atoms with Gasteiger partial charge in [0.2, 0.25) is 0 Å². The quantitative estimate of drug-likeness (QED) is 0.807. The van der Waals surface area contributed by atoms with Crippen molar-refractivity contribution in [3.8, 4) is 0 Å². The first-order valence-corrected chi connectivity index (χ1v) is 9.27. The summed E-state index contributed by atoms with van der Waals surface area (Å²) in [4.78, 5) is 13.1. The molecule has 0 radical (unpaired) electrons. The van der Waals surface area contributed by atoms with E-state index >= 15 is 0 Å². The van der Waals surface area contributed by atoms with Crippen molar-refractivity contribution >= 4 is 17.7 Å². The number of hydrogen-bond acceptors (Lipinski definition) is 2. The molecule has 0 unspecified atom stereocenters. The Balaban J connectivity index is 1.45. The molecule has 0 aromatic heterocycles. The summed E-state index contributed by atoms with van der Waals surface area (Å²) >= 11 is 0.509. The molecule has 4 fully saturated rings. The summed E-state index contributed by atoms with van der Waals surface area (Å²) in [5.41, 5.74) is 0.557. The summed E-state index contributed by atoms with van der Waals surface area (Å²) in [7, 11) is 0. The number of carbonyl (C=O) groups excluding carboxylic acids is 1. The first kappa shape index (κ1) is 15.4. The predicted octanol–water partition coefficient (Wildman–Crippen LogP) is 4.70. The van der Waals surface area contributed by atoms with Crippen LogP contribution in [0.4, 0.5) is 8.78 Å². The van der Waals surface area contributed by atoms with Gasteiger partial charge in [-0.2, -0.15) is 8.78 Å². The second kappa shape index (κ2) is 5.76. The zero-order valence-corrected chi connectivity index (χ0v) is 13.8. The number of rotatable bonds is 4. The molecule has 124 valence electrons. The molecule has 2 nitrogen and oxygen atoms in total. The van der Waals surface area contributed by atoms with Gasteiger partial charge in [-0.1, -0.05) is 11.8 Å². The Labute approximate surface area is 139 Å². The van der Waals surface area contributed by atoms with E-state index < -0.39 is 5.76 Å². The van der Waals surface area contributed by atoms with Crippen LogP contribution in [0, 0.1) is 17.8 Å². The Morgan fingerprint density at radius 1 is 1.04 bits per heavy atom. The van der Waals surface area contributed by atoms with E-state index in [1.165, 1.54) is 19.3 Å². The topological polar surface area (TPSA) is 29.1 Å². The van der Waals surface area contributed by atoms with Crippen LogP contribution < -0.4 is 5.32 Å². The molecular formula is C18H21F2NOS. The van der Waals surface area contributed by atoms with E-state index in [0.717, 1.165) is 37.0 Å². The van der Waals surface area contributed by atoms with E-state index in [0.29, 0.717) is 22.2 Å². The van der Waals surface area contributed by atoms with Gasteiger partial charge >= 0.3 is 0 Å². The van der Waals surface area contributed by atoms with Crippen molar-refractivity contribution in [1.29, 1.82) is 0 Å². The Morgan fingerprint density at radius 3 is 2.04 bits per heavy atom. The molecule has 0 atom stereocenters. The zero-order chi connectivity index (χ0) is 16.0. The molecule has 1 N–H and O–H groups in total. The van der Waals surface area contributed by atoms with E-state index in [2.05, 4.69) is 5.32 Å². The minimum Gasteiger partial charge on any atom is -0.347 e. The summed E-state index contributed by atoms with van der Waals surface area (Å²) in [5, 5.41) is 3.31. The molecule has 4 aliphatic carbocycles. The molecule has 5 heteroatoms. The summed E-state index contributed by atoms with van der Waals surface area (Å²) in [6.07, 6.45) is 7.37. The van der Waals surface area contributed by atoms with Crippen molar-refractivity contribution in [3.05, 3.63) is 29.8 Å². The molecule has 0 heterocycles. The number of hydrogen-bond donors (Lipinski definition) is 1. The number of benzene rings is 1. The van der Waals surface area contributed by atoms with Crippen molar-refractivity contribution < 1.29 is 13.6 Å². The van der Waals surface area contributed by atoms with Gasteiger partial charge in [0.15, 0.2) is 0 Å². The number of halogens is 2. The van der Waals surface area contributed by atoms with Crippen molar-refractivity contribution in [2.45, 2.75) is 54.7 Å². The van der Waals surface area contributed by atoms with E-state index in [-0.39, 0.29) is 11.4 Å². The van der Waals surface area contributed by atoms with Crippen molar-refractivity contribution in [1.82, 2.24) is 5.32 Å². The second-order valence-electron chi connectivity index (χ2n) is 7.55. The van der Waals surface area contributed by atoms with E-state index in [9.17, 15) is 13.6 Å². The monoisotopic (exact) mass is 337 g/mol. The third-order valence-electron chi connectivity index (χ3n) is 5.76. The highest BCUT2D eigenvalue weighted by molar-refractivity contribution is 7.99. The van der Waals surface area contributed by atoms with Crippen molar-refractivity contribution in [2.75, 3.05) is 0 Å². The highest BCUT2D eigenvalue weighted by Crippen LogP contribution is 2.55. The van der Waals surface area contributed by atoms with Crippen LogP contribution in [0.5, 0.6) is 0 Å². The van der Waals surface area contributed by atoms with Crippen LogP contribution in [-0.4, -0.2) is 17.2 Å². The minimum absolute atomic E-state index is 0.0117. The summed E-state index contributed by atoms with van der Waals surface area (Å²) in [6.45, 7) is 0. The first-order chi connectivity index (χ1) is 11.0. The molecule has 0 spiro atoms. The van der Waals surface area contributed by atoms with E-state index in [1.807, 2.05) is 0 Å². The summed E-state index contributed by atoms with van der Waals surface area (Å²) in [6, 6.07) is 6.51. The van der Waals surface area contributed by atoms with Crippen LogP contribution in [0.3, 0.4) is 0 Å². The van der Waals surface area contributed by atoms with Crippen LogP contribution in [-0.2, 0) is 0 Å². The first-order valence-electron chi connectivity index (χ1n) is 8.39. The lowest BCUT2D eigenvalue weighted by molar-refractivity contribution is -0.0167. The maximum atomic E-state index is 12.6. The zero-order valence-electron chi connectivity index (χ0n) is 12.9. The molecule has 0 aliphatic heterocycles. The maximum Gasteiger partial charge on any atom is 0.288 e. The van der Waals surface area contributed by atoms with Gasteiger partial charge in [0.05, 0.1) is 0 Å². The number of amides is 1. The fourth-order valence-electron chi connectivity index (χ4n) is 5.36.